The second-order valence-electron chi connectivity index (χ2n) is 5.87. The van der Waals surface area contributed by atoms with E-state index < -0.39 is 0 Å². The Hall–Kier alpha value is 0.230. The minimum Gasteiger partial charge on any atom is -0.381 e. The fourth-order valence-electron chi connectivity index (χ4n) is 3.58. The highest BCUT2D eigenvalue weighted by atomic mass is 32.2. The van der Waals surface area contributed by atoms with Gasteiger partial charge in [-0.25, -0.2) is 0 Å². The third kappa shape index (κ3) is 2.72. The van der Waals surface area contributed by atoms with Crippen molar-refractivity contribution in [3.63, 3.8) is 0 Å². The third-order valence-corrected chi connectivity index (χ3v) is 6.41. The zero-order valence-electron chi connectivity index (χ0n) is 12.0. The molecule has 0 radical (unpaired) electrons. The Morgan fingerprint density at radius 2 is 2.00 bits per heavy atom. The second kappa shape index (κ2) is 6.12. The van der Waals surface area contributed by atoms with Crippen molar-refractivity contribution in [2.45, 2.75) is 62.5 Å². The van der Waals surface area contributed by atoms with Crippen molar-refractivity contribution < 1.29 is 4.74 Å². The van der Waals surface area contributed by atoms with E-state index in [4.69, 9.17) is 10.5 Å². The predicted octanol–water partition coefficient (Wildman–Crippen LogP) is 2.10. The van der Waals surface area contributed by atoms with Gasteiger partial charge in [-0.2, -0.15) is 11.8 Å². The van der Waals surface area contributed by atoms with Crippen LogP contribution in [-0.2, 0) is 4.74 Å². The molecule has 0 amide bonds. The topological polar surface area (TPSA) is 38.5 Å². The van der Waals surface area contributed by atoms with Crippen molar-refractivity contribution in [3.8, 4) is 0 Å². The molecule has 4 heteroatoms. The van der Waals surface area contributed by atoms with Crippen LogP contribution in [0.1, 0.15) is 39.5 Å². The molecule has 0 aromatic heterocycles. The lowest BCUT2D eigenvalue weighted by Gasteiger charge is -2.53. The molecule has 3 nitrogen and oxygen atoms in total. The lowest BCUT2D eigenvalue weighted by Crippen LogP contribution is -2.62. The Balaban J connectivity index is 2.07. The van der Waals surface area contributed by atoms with Crippen LogP contribution in [0.2, 0.25) is 0 Å². The number of nitrogens with zero attached hydrogens (tertiary/aromatic N) is 1. The molecule has 2 N–H and O–H groups in total. The van der Waals surface area contributed by atoms with E-state index in [2.05, 4.69) is 30.5 Å². The maximum Gasteiger partial charge on any atom is 0.0572 e. The lowest BCUT2D eigenvalue weighted by atomic mass is 9.78. The first kappa shape index (κ1) is 14.6. The quantitative estimate of drug-likeness (QED) is 0.854. The van der Waals surface area contributed by atoms with Crippen LogP contribution >= 0.6 is 11.8 Å². The highest BCUT2D eigenvalue weighted by Gasteiger charge is 2.43. The van der Waals surface area contributed by atoms with Gasteiger partial charge in [0.25, 0.3) is 0 Å². The van der Waals surface area contributed by atoms with Gasteiger partial charge in [0.1, 0.15) is 0 Å². The van der Waals surface area contributed by atoms with Gasteiger partial charge in [-0.3, -0.25) is 4.90 Å². The van der Waals surface area contributed by atoms with E-state index in [1.54, 1.807) is 0 Å². The summed E-state index contributed by atoms with van der Waals surface area (Å²) in [7, 11) is 1.84. The first-order chi connectivity index (χ1) is 8.63. The summed E-state index contributed by atoms with van der Waals surface area (Å²) in [6.07, 6.45) is 5.18. The summed E-state index contributed by atoms with van der Waals surface area (Å²) in [6, 6.07) is 0.645. The molecule has 0 bridgehead atoms. The van der Waals surface area contributed by atoms with Gasteiger partial charge in [0, 0.05) is 42.8 Å². The number of hydrogen-bond donors (Lipinski definition) is 1. The molecule has 2 fully saturated rings. The highest BCUT2D eigenvalue weighted by Crippen LogP contribution is 2.39. The zero-order valence-corrected chi connectivity index (χ0v) is 12.8. The number of nitrogens with two attached hydrogens (primary N) is 1. The van der Waals surface area contributed by atoms with Crippen LogP contribution in [0.25, 0.3) is 0 Å². The van der Waals surface area contributed by atoms with Gasteiger partial charge in [0.2, 0.25) is 0 Å². The summed E-state index contributed by atoms with van der Waals surface area (Å²) in [5, 5.41) is 0.724. The van der Waals surface area contributed by atoms with Gasteiger partial charge >= 0.3 is 0 Å². The molecule has 2 atom stereocenters. The van der Waals surface area contributed by atoms with Crippen molar-refractivity contribution in [2.24, 2.45) is 5.73 Å². The number of ether oxygens (including phenoxy) is 1. The van der Waals surface area contributed by atoms with Crippen molar-refractivity contribution >= 4 is 11.8 Å². The SMILES string of the molecule is COC1CCC(CN)(N2CCSC(C)C2C)CC1. The van der Waals surface area contributed by atoms with Gasteiger partial charge in [-0.05, 0) is 32.6 Å². The molecule has 0 aromatic carbocycles. The standard InChI is InChI=1S/C14H28N2OS/c1-11-12(2)18-9-8-16(11)14(10-15)6-4-13(17-3)5-7-14/h11-13H,4-10,15H2,1-3H3. The van der Waals surface area contributed by atoms with Crippen LogP contribution in [0.15, 0.2) is 0 Å². The Morgan fingerprint density at radius 1 is 1.33 bits per heavy atom. The van der Waals surface area contributed by atoms with Crippen molar-refractivity contribution in [1.29, 1.82) is 0 Å². The van der Waals surface area contributed by atoms with Crippen LogP contribution in [0.4, 0.5) is 0 Å². The van der Waals surface area contributed by atoms with Crippen LogP contribution < -0.4 is 5.73 Å². The molecule has 1 aliphatic carbocycles. The van der Waals surface area contributed by atoms with E-state index in [9.17, 15) is 0 Å². The summed E-state index contributed by atoms with van der Waals surface area (Å²) in [4.78, 5) is 2.71. The molecular weight excluding hydrogens is 244 g/mol. The number of rotatable bonds is 3. The molecule has 0 aromatic rings. The Kier molecular flexibility index (Phi) is 4.98. The zero-order chi connectivity index (χ0) is 13.2. The molecule has 1 saturated heterocycles. The van der Waals surface area contributed by atoms with Crippen molar-refractivity contribution in [1.82, 2.24) is 4.90 Å². The van der Waals surface area contributed by atoms with Crippen LogP contribution in [-0.4, -0.2) is 53.8 Å². The largest absolute Gasteiger partial charge is 0.381 e. The van der Waals surface area contributed by atoms with Gasteiger partial charge in [0.15, 0.2) is 0 Å². The van der Waals surface area contributed by atoms with E-state index in [0.29, 0.717) is 12.1 Å². The van der Waals surface area contributed by atoms with E-state index in [0.717, 1.165) is 11.8 Å². The van der Waals surface area contributed by atoms with Gasteiger partial charge in [0.05, 0.1) is 6.10 Å². The molecule has 1 aliphatic heterocycles. The minimum absolute atomic E-state index is 0.240. The van der Waals surface area contributed by atoms with Crippen LogP contribution in [0.5, 0.6) is 0 Å². The molecule has 2 unspecified atom stereocenters. The van der Waals surface area contributed by atoms with Gasteiger partial charge in [-0.1, -0.05) is 6.92 Å². The molecule has 2 aliphatic rings. The van der Waals surface area contributed by atoms with E-state index in [1.807, 2.05) is 7.11 Å². The molecule has 0 spiro atoms. The van der Waals surface area contributed by atoms with Crippen molar-refractivity contribution in [3.05, 3.63) is 0 Å². The monoisotopic (exact) mass is 272 g/mol. The molecule has 18 heavy (non-hydrogen) atoms. The Bertz CT molecular complexity index is 267. The van der Waals surface area contributed by atoms with E-state index >= 15 is 0 Å². The van der Waals surface area contributed by atoms with E-state index in [1.165, 1.54) is 38.0 Å². The first-order valence-electron chi connectivity index (χ1n) is 7.24. The highest BCUT2D eigenvalue weighted by molar-refractivity contribution is 8.00. The van der Waals surface area contributed by atoms with Gasteiger partial charge < -0.3 is 10.5 Å². The Labute approximate surface area is 116 Å². The predicted molar refractivity (Wildman–Crippen MR) is 79.1 cm³/mol. The average molecular weight is 272 g/mol. The average Bonchev–Trinajstić information content (AvgIpc) is 2.42. The van der Waals surface area contributed by atoms with E-state index in [-0.39, 0.29) is 5.54 Å². The fraction of sp³-hybridized carbons (Fsp3) is 1.00. The maximum atomic E-state index is 6.17. The second-order valence-corrected chi connectivity index (χ2v) is 7.36. The smallest absolute Gasteiger partial charge is 0.0572 e. The maximum absolute atomic E-state index is 6.17. The Morgan fingerprint density at radius 3 is 2.56 bits per heavy atom. The normalized spacial score (nSPS) is 43.0. The third-order valence-electron chi connectivity index (χ3n) is 5.07. The summed E-state index contributed by atoms with van der Waals surface area (Å²) in [5.74, 6) is 1.25. The number of hydrogen-bond acceptors (Lipinski definition) is 4. The molecular formula is C14H28N2OS. The minimum atomic E-state index is 0.240. The summed E-state index contributed by atoms with van der Waals surface area (Å²) < 4.78 is 5.50. The molecule has 106 valence electrons. The summed E-state index contributed by atoms with van der Waals surface area (Å²) >= 11 is 2.10. The summed E-state index contributed by atoms with van der Waals surface area (Å²) in [5.41, 5.74) is 6.41. The molecule has 2 rings (SSSR count). The molecule has 1 heterocycles. The lowest BCUT2D eigenvalue weighted by molar-refractivity contribution is -0.0217. The first-order valence-corrected chi connectivity index (χ1v) is 8.29. The van der Waals surface area contributed by atoms with Gasteiger partial charge in [-0.15, -0.1) is 0 Å². The number of thioether (sulfide) groups is 1. The summed E-state index contributed by atoms with van der Waals surface area (Å²) in [6.45, 7) is 6.72. The van der Waals surface area contributed by atoms with Crippen LogP contribution in [0, 0.1) is 0 Å². The fourth-order valence-corrected chi connectivity index (χ4v) is 4.67. The molecule has 1 saturated carbocycles. The van der Waals surface area contributed by atoms with Crippen LogP contribution in [0.3, 0.4) is 0 Å². The van der Waals surface area contributed by atoms with Crippen molar-refractivity contribution in [2.75, 3.05) is 26.0 Å². The number of methoxy groups -OCH3 is 1.